The van der Waals surface area contributed by atoms with Crippen LogP contribution in [0.1, 0.15) is 37.1 Å². The zero-order chi connectivity index (χ0) is 17.7. The maximum Gasteiger partial charge on any atom is 0.246 e. The van der Waals surface area contributed by atoms with Crippen LogP contribution in [0.25, 0.3) is 0 Å². The lowest BCUT2D eigenvalue weighted by Gasteiger charge is -2.31. The zero-order valence-electron chi connectivity index (χ0n) is 14.3. The van der Waals surface area contributed by atoms with Gasteiger partial charge in [0.15, 0.2) is 0 Å². The summed E-state index contributed by atoms with van der Waals surface area (Å²) in [5.41, 5.74) is 6.42. The molecule has 0 aliphatic carbocycles. The molecule has 1 atom stereocenters. The molecule has 8 nitrogen and oxygen atoms in total. The van der Waals surface area contributed by atoms with Crippen molar-refractivity contribution < 1.29 is 13.2 Å². The lowest BCUT2D eigenvalue weighted by molar-refractivity contribution is -0.126. The number of aryl methyl sites for hydroxylation is 2. The fourth-order valence-corrected chi connectivity index (χ4v) is 4.91. The fourth-order valence-electron chi connectivity index (χ4n) is 3.05. The standard InChI is InChI=1S/C15H27N5O3S/c1-11-14(12(2)19-18-11)24(22,23)20-9-5-6-13(10-20)15(21)17-8-4-3-7-16/h13H,3-10,16H2,1-2H3,(H,17,21)(H,18,19). The number of amides is 1. The third-order valence-electron chi connectivity index (χ3n) is 4.34. The monoisotopic (exact) mass is 357 g/mol. The van der Waals surface area contributed by atoms with Crippen LogP contribution in [0.4, 0.5) is 0 Å². The fraction of sp³-hybridized carbons (Fsp3) is 0.733. The number of aromatic nitrogens is 2. The molecule has 0 saturated carbocycles. The summed E-state index contributed by atoms with van der Waals surface area (Å²) in [6, 6.07) is 0. The van der Waals surface area contributed by atoms with E-state index in [0.717, 1.165) is 12.8 Å². The average Bonchev–Trinajstić information content (AvgIpc) is 2.91. The lowest BCUT2D eigenvalue weighted by Crippen LogP contribution is -2.45. The molecule has 0 aromatic carbocycles. The van der Waals surface area contributed by atoms with Gasteiger partial charge < -0.3 is 11.1 Å². The largest absolute Gasteiger partial charge is 0.356 e. The summed E-state index contributed by atoms with van der Waals surface area (Å²) >= 11 is 0. The second-order valence-electron chi connectivity index (χ2n) is 6.25. The Kier molecular flexibility index (Phi) is 6.36. The Balaban J connectivity index is 2.03. The van der Waals surface area contributed by atoms with E-state index in [-0.39, 0.29) is 23.3 Å². The number of sulfonamides is 1. The van der Waals surface area contributed by atoms with Crippen molar-refractivity contribution >= 4 is 15.9 Å². The molecule has 0 radical (unpaired) electrons. The normalized spacial score (nSPS) is 19.4. The zero-order valence-corrected chi connectivity index (χ0v) is 15.2. The van der Waals surface area contributed by atoms with Gasteiger partial charge in [0.25, 0.3) is 0 Å². The summed E-state index contributed by atoms with van der Waals surface area (Å²) in [5.74, 6) is -0.383. The summed E-state index contributed by atoms with van der Waals surface area (Å²) in [6.45, 7) is 5.20. The van der Waals surface area contributed by atoms with Gasteiger partial charge in [0, 0.05) is 19.6 Å². The highest BCUT2D eigenvalue weighted by atomic mass is 32.2. The Morgan fingerprint density at radius 1 is 1.42 bits per heavy atom. The molecule has 1 aliphatic heterocycles. The predicted molar refractivity (Wildman–Crippen MR) is 90.8 cm³/mol. The first-order chi connectivity index (χ1) is 11.4. The molecule has 1 aliphatic rings. The molecule has 4 N–H and O–H groups in total. The third kappa shape index (κ3) is 4.14. The number of piperidine rings is 1. The first kappa shape index (κ1) is 18.9. The van der Waals surface area contributed by atoms with E-state index in [1.165, 1.54) is 4.31 Å². The van der Waals surface area contributed by atoms with Gasteiger partial charge in [0.2, 0.25) is 15.9 Å². The number of nitrogens with one attached hydrogen (secondary N) is 2. The quantitative estimate of drug-likeness (QED) is 0.605. The van der Waals surface area contributed by atoms with Crippen LogP contribution in [0.3, 0.4) is 0 Å². The van der Waals surface area contributed by atoms with E-state index in [0.29, 0.717) is 43.9 Å². The van der Waals surface area contributed by atoms with Gasteiger partial charge in [-0.1, -0.05) is 0 Å². The summed E-state index contributed by atoms with van der Waals surface area (Å²) in [5, 5.41) is 9.56. The molecule has 0 bridgehead atoms. The number of rotatable bonds is 7. The Morgan fingerprint density at radius 3 is 2.79 bits per heavy atom. The van der Waals surface area contributed by atoms with Crippen molar-refractivity contribution in [3.05, 3.63) is 11.4 Å². The minimum atomic E-state index is -3.63. The first-order valence-corrected chi connectivity index (χ1v) is 9.81. The first-order valence-electron chi connectivity index (χ1n) is 8.37. The summed E-state index contributed by atoms with van der Waals surface area (Å²) in [7, 11) is -3.63. The Labute approximate surface area is 143 Å². The number of H-pyrrole nitrogens is 1. The van der Waals surface area contributed by atoms with Crippen LogP contribution in [0.15, 0.2) is 4.90 Å². The summed E-state index contributed by atoms with van der Waals surface area (Å²) in [6.07, 6.45) is 3.09. The number of nitrogens with zero attached hydrogens (tertiary/aromatic N) is 2. The number of nitrogens with two attached hydrogens (primary N) is 1. The number of unbranched alkanes of at least 4 members (excludes halogenated alkanes) is 1. The van der Waals surface area contributed by atoms with Crippen molar-refractivity contribution in [1.29, 1.82) is 0 Å². The second-order valence-corrected chi connectivity index (χ2v) is 8.13. The van der Waals surface area contributed by atoms with Gasteiger partial charge in [-0.3, -0.25) is 9.89 Å². The van der Waals surface area contributed by atoms with Crippen molar-refractivity contribution in [3.63, 3.8) is 0 Å². The lowest BCUT2D eigenvalue weighted by atomic mass is 9.99. The van der Waals surface area contributed by atoms with Gasteiger partial charge in [-0.2, -0.15) is 9.40 Å². The van der Waals surface area contributed by atoms with E-state index in [2.05, 4.69) is 15.5 Å². The maximum absolute atomic E-state index is 12.9. The molecule has 1 amide bonds. The van der Waals surface area contributed by atoms with Gasteiger partial charge in [-0.15, -0.1) is 0 Å². The van der Waals surface area contributed by atoms with Crippen LogP contribution in [-0.4, -0.2) is 55.0 Å². The van der Waals surface area contributed by atoms with E-state index in [1.807, 2.05) is 0 Å². The topological polar surface area (TPSA) is 121 Å². The van der Waals surface area contributed by atoms with E-state index >= 15 is 0 Å². The molecule has 2 rings (SSSR count). The van der Waals surface area contributed by atoms with Crippen molar-refractivity contribution in [2.24, 2.45) is 11.7 Å². The molecule has 1 fully saturated rings. The Bertz CT molecular complexity index is 651. The van der Waals surface area contributed by atoms with E-state index in [9.17, 15) is 13.2 Å². The van der Waals surface area contributed by atoms with Gasteiger partial charge in [-0.05, 0) is 46.1 Å². The average molecular weight is 357 g/mol. The number of hydrogen-bond acceptors (Lipinski definition) is 5. The molecule has 136 valence electrons. The van der Waals surface area contributed by atoms with Crippen LogP contribution in [0.2, 0.25) is 0 Å². The summed E-state index contributed by atoms with van der Waals surface area (Å²) < 4.78 is 27.2. The van der Waals surface area contributed by atoms with Gasteiger partial charge >= 0.3 is 0 Å². The molecule has 9 heteroatoms. The van der Waals surface area contributed by atoms with Gasteiger partial charge in [-0.25, -0.2) is 8.42 Å². The molecular formula is C15H27N5O3S. The molecule has 2 heterocycles. The minimum absolute atomic E-state index is 0.0763. The molecule has 0 spiro atoms. The Morgan fingerprint density at radius 2 is 2.17 bits per heavy atom. The number of carbonyl (C=O) groups excluding carboxylic acids is 1. The maximum atomic E-state index is 12.9. The van der Waals surface area contributed by atoms with E-state index in [4.69, 9.17) is 5.73 Å². The van der Waals surface area contributed by atoms with Crippen LogP contribution in [0, 0.1) is 19.8 Å². The SMILES string of the molecule is Cc1n[nH]c(C)c1S(=O)(=O)N1CCCC(C(=O)NCCCCN)C1. The highest BCUT2D eigenvalue weighted by molar-refractivity contribution is 7.89. The van der Waals surface area contributed by atoms with E-state index < -0.39 is 10.0 Å². The molecule has 1 saturated heterocycles. The Hall–Kier alpha value is -1.45. The molecule has 1 aromatic heterocycles. The third-order valence-corrected chi connectivity index (χ3v) is 6.47. The van der Waals surface area contributed by atoms with Gasteiger partial charge in [0.1, 0.15) is 4.90 Å². The van der Waals surface area contributed by atoms with Crippen molar-refractivity contribution in [3.8, 4) is 0 Å². The highest BCUT2D eigenvalue weighted by Gasteiger charge is 2.35. The second kappa shape index (κ2) is 8.09. The smallest absolute Gasteiger partial charge is 0.246 e. The number of carbonyl (C=O) groups is 1. The van der Waals surface area contributed by atoms with E-state index in [1.54, 1.807) is 13.8 Å². The van der Waals surface area contributed by atoms with Crippen molar-refractivity contribution in [2.75, 3.05) is 26.2 Å². The van der Waals surface area contributed by atoms with Crippen LogP contribution < -0.4 is 11.1 Å². The minimum Gasteiger partial charge on any atom is -0.356 e. The predicted octanol–water partition coefficient (Wildman–Crippen LogP) is 0.282. The number of aromatic amines is 1. The highest BCUT2D eigenvalue weighted by Crippen LogP contribution is 2.26. The van der Waals surface area contributed by atoms with Crippen LogP contribution in [-0.2, 0) is 14.8 Å². The molecule has 1 unspecified atom stereocenters. The van der Waals surface area contributed by atoms with Gasteiger partial charge in [0.05, 0.1) is 17.3 Å². The van der Waals surface area contributed by atoms with Crippen LogP contribution >= 0.6 is 0 Å². The molecule has 24 heavy (non-hydrogen) atoms. The summed E-state index contributed by atoms with van der Waals surface area (Å²) in [4.78, 5) is 12.5. The molecule has 1 aromatic rings. The molecular weight excluding hydrogens is 330 g/mol. The van der Waals surface area contributed by atoms with Crippen molar-refractivity contribution in [1.82, 2.24) is 19.8 Å². The van der Waals surface area contributed by atoms with Crippen LogP contribution in [0.5, 0.6) is 0 Å². The van der Waals surface area contributed by atoms with Crippen molar-refractivity contribution in [2.45, 2.75) is 44.4 Å². The number of hydrogen-bond donors (Lipinski definition) is 3.